The molecule has 1 saturated carbocycles. The maximum absolute atomic E-state index is 12.7. The van der Waals surface area contributed by atoms with Gasteiger partial charge < -0.3 is 4.57 Å². The highest BCUT2D eigenvalue weighted by Gasteiger charge is 2.30. The quantitative estimate of drug-likeness (QED) is 0.751. The van der Waals surface area contributed by atoms with Gasteiger partial charge in [-0.1, -0.05) is 30.3 Å². The van der Waals surface area contributed by atoms with Gasteiger partial charge in [-0.15, -0.1) is 10.2 Å². The first-order chi connectivity index (χ1) is 11.5. The van der Waals surface area contributed by atoms with Gasteiger partial charge >= 0.3 is 0 Å². The van der Waals surface area contributed by atoms with Crippen LogP contribution in [0.15, 0.2) is 35.5 Å². The number of benzene rings is 1. The minimum absolute atomic E-state index is 0.0780. The molecule has 3 aromatic rings. The number of sulfone groups is 1. The van der Waals surface area contributed by atoms with Gasteiger partial charge in [-0.25, -0.2) is 13.4 Å². The second-order valence-corrected chi connectivity index (χ2v) is 7.79. The molecule has 0 saturated heterocycles. The van der Waals surface area contributed by atoms with E-state index >= 15 is 0 Å². The first-order valence-corrected chi connectivity index (χ1v) is 9.28. The summed E-state index contributed by atoms with van der Waals surface area (Å²) in [5, 5.41) is 14.6. The minimum atomic E-state index is -3.67. The summed E-state index contributed by atoms with van der Waals surface area (Å²) in [5.74, 6) is 1.64. The lowest BCUT2D eigenvalue weighted by molar-refractivity contribution is 0.576. The SMILES string of the molecule is Cn1c(-c2ccccc2)nnc1S(=O)(=O)Cc1nc(C2CC2)n[nH]1. The van der Waals surface area contributed by atoms with Crippen molar-refractivity contribution in [3.63, 3.8) is 0 Å². The van der Waals surface area contributed by atoms with Gasteiger partial charge in [-0.2, -0.15) is 5.10 Å². The fourth-order valence-electron chi connectivity index (χ4n) is 2.57. The highest BCUT2D eigenvalue weighted by molar-refractivity contribution is 7.90. The van der Waals surface area contributed by atoms with Crippen molar-refractivity contribution in [2.45, 2.75) is 29.7 Å². The predicted octanol–water partition coefficient (Wildman–Crippen LogP) is 1.45. The van der Waals surface area contributed by atoms with Gasteiger partial charge in [-0.05, 0) is 12.8 Å². The summed E-state index contributed by atoms with van der Waals surface area (Å²) >= 11 is 0. The molecule has 0 radical (unpaired) electrons. The van der Waals surface area contributed by atoms with Gasteiger partial charge in [0, 0.05) is 18.5 Å². The monoisotopic (exact) mass is 344 g/mol. The third-order valence-electron chi connectivity index (χ3n) is 3.96. The van der Waals surface area contributed by atoms with Crippen LogP contribution >= 0.6 is 0 Å². The number of nitrogens with zero attached hydrogens (tertiary/aromatic N) is 5. The first-order valence-electron chi connectivity index (χ1n) is 7.63. The summed E-state index contributed by atoms with van der Waals surface area (Å²) in [6.07, 6.45) is 2.13. The molecule has 2 heterocycles. The summed E-state index contributed by atoms with van der Waals surface area (Å²) in [4.78, 5) is 4.27. The van der Waals surface area contributed by atoms with Gasteiger partial charge in [0.1, 0.15) is 11.6 Å². The maximum Gasteiger partial charge on any atom is 0.250 e. The molecule has 0 spiro atoms. The van der Waals surface area contributed by atoms with Crippen molar-refractivity contribution < 1.29 is 8.42 Å². The van der Waals surface area contributed by atoms with Crippen LogP contribution in [0.5, 0.6) is 0 Å². The molecule has 8 nitrogen and oxygen atoms in total. The largest absolute Gasteiger partial charge is 0.301 e. The molecule has 2 aromatic heterocycles. The number of aromatic nitrogens is 6. The Labute approximate surface area is 138 Å². The lowest BCUT2D eigenvalue weighted by atomic mass is 10.2. The topological polar surface area (TPSA) is 106 Å². The number of rotatable bonds is 5. The van der Waals surface area contributed by atoms with Crippen molar-refractivity contribution in [1.82, 2.24) is 29.9 Å². The molecule has 24 heavy (non-hydrogen) atoms. The molecule has 124 valence electrons. The third-order valence-corrected chi connectivity index (χ3v) is 5.53. The smallest absolute Gasteiger partial charge is 0.250 e. The maximum atomic E-state index is 12.7. The lowest BCUT2D eigenvalue weighted by Crippen LogP contribution is -2.12. The van der Waals surface area contributed by atoms with Gasteiger partial charge in [-0.3, -0.25) is 5.10 Å². The Balaban J connectivity index is 1.63. The van der Waals surface area contributed by atoms with Crippen LogP contribution in [0.3, 0.4) is 0 Å². The standard InChI is InChI=1S/C15H16N6O2S/c1-21-14(11-5-3-2-4-6-11)19-20-15(21)24(22,23)9-12-16-13(18-17-12)10-7-8-10/h2-6,10H,7-9H2,1H3,(H,16,17,18). The summed E-state index contributed by atoms with van der Waals surface area (Å²) in [7, 11) is -2.02. The van der Waals surface area contributed by atoms with E-state index in [9.17, 15) is 8.42 Å². The lowest BCUT2D eigenvalue weighted by Gasteiger charge is -2.04. The molecule has 1 aliphatic rings. The fraction of sp³-hybridized carbons (Fsp3) is 0.333. The van der Waals surface area contributed by atoms with Crippen molar-refractivity contribution in [2.24, 2.45) is 7.05 Å². The molecule has 1 aliphatic carbocycles. The minimum Gasteiger partial charge on any atom is -0.301 e. The third kappa shape index (κ3) is 2.71. The molecule has 0 amide bonds. The van der Waals surface area contributed by atoms with Crippen LogP contribution in [0, 0.1) is 0 Å². The van der Waals surface area contributed by atoms with Crippen LogP contribution in [-0.2, 0) is 22.6 Å². The van der Waals surface area contributed by atoms with E-state index in [0.29, 0.717) is 23.4 Å². The van der Waals surface area contributed by atoms with Crippen LogP contribution < -0.4 is 0 Å². The molecule has 0 unspecified atom stereocenters. The highest BCUT2D eigenvalue weighted by atomic mass is 32.2. The van der Waals surface area contributed by atoms with Gasteiger partial charge in [0.2, 0.25) is 15.0 Å². The average molecular weight is 344 g/mol. The first kappa shape index (κ1) is 15.0. The van der Waals surface area contributed by atoms with Crippen LogP contribution in [0.4, 0.5) is 0 Å². The molecule has 1 aromatic carbocycles. The van der Waals surface area contributed by atoms with Crippen molar-refractivity contribution in [3.8, 4) is 11.4 Å². The van der Waals surface area contributed by atoms with Crippen molar-refractivity contribution in [1.29, 1.82) is 0 Å². The number of hydrogen-bond acceptors (Lipinski definition) is 6. The molecule has 9 heteroatoms. The Bertz CT molecular complexity index is 973. The number of aromatic amines is 1. The van der Waals surface area contributed by atoms with Gasteiger partial charge in [0.15, 0.2) is 11.6 Å². The van der Waals surface area contributed by atoms with E-state index in [1.165, 1.54) is 4.57 Å². The van der Waals surface area contributed by atoms with Crippen molar-refractivity contribution in [3.05, 3.63) is 42.0 Å². The summed E-state index contributed by atoms with van der Waals surface area (Å²) in [6, 6.07) is 9.34. The summed E-state index contributed by atoms with van der Waals surface area (Å²) in [6.45, 7) is 0. The van der Waals surface area contributed by atoms with E-state index < -0.39 is 9.84 Å². The van der Waals surface area contributed by atoms with Crippen LogP contribution in [-0.4, -0.2) is 38.4 Å². The molecule has 1 N–H and O–H groups in total. The Morgan fingerprint density at radius 2 is 1.96 bits per heavy atom. The molecule has 0 aliphatic heterocycles. The van der Waals surface area contributed by atoms with Crippen LogP contribution in [0.2, 0.25) is 0 Å². The van der Waals surface area contributed by atoms with Gasteiger partial charge in [0.05, 0.1) is 0 Å². The van der Waals surface area contributed by atoms with E-state index in [1.807, 2.05) is 30.3 Å². The van der Waals surface area contributed by atoms with E-state index in [0.717, 1.165) is 18.4 Å². The second kappa shape index (κ2) is 5.52. The molecular formula is C15H16N6O2S. The van der Waals surface area contributed by atoms with E-state index in [1.54, 1.807) is 7.05 Å². The summed E-state index contributed by atoms with van der Waals surface area (Å²) < 4.78 is 26.8. The number of nitrogens with one attached hydrogen (secondary N) is 1. The van der Waals surface area contributed by atoms with E-state index in [4.69, 9.17) is 0 Å². The Hall–Kier alpha value is -2.55. The number of H-pyrrole nitrogens is 1. The fourth-order valence-corrected chi connectivity index (χ4v) is 3.85. The van der Waals surface area contributed by atoms with E-state index in [-0.39, 0.29) is 10.9 Å². The Morgan fingerprint density at radius 1 is 1.21 bits per heavy atom. The zero-order chi connectivity index (χ0) is 16.7. The zero-order valence-electron chi connectivity index (χ0n) is 13.0. The average Bonchev–Trinajstić information content (AvgIpc) is 3.19. The summed E-state index contributed by atoms with van der Waals surface area (Å²) in [5.41, 5.74) is 0.810. The zero-order valence-corrected chi connectivity index (χ0v) is 13.9. The van der Waals surface area contributed by atoms with Crippen LogP contribution in [0.25, 0.3) is 11.4 Å². The van der Waals surface area contributed by atoms with Gasteiger partial charge in [0.25, 0.3) is 0 Å². The Morgan fingerprint density at radius 3 is 2.67 bits per heavy atom. The molecule has 1 fully saturated rings. The normalized spacial score (nSPS) is 14.9. The second-order valence-electron chi connectivity index (χ2n) is 5.90. The highest BCUT2D eigenvalue weighted by Crippen LogP contribution is 2.37. The number of hydrogen-bond donors (Lipinski definition) is 1. The Kier molecular flexibility index (Phi) is 3.45. The molecular weight excluding hydrogens is 328 g/mol. The molecule has 4 rings (SSSR count). The van der Waals surface area contributed by atoms with Crippen LogP contribution in [0.1, 0.15) is 30.4 Å². The van der Waals surface area contributed by atoms with Crippen molar-refractivity contribution >= 4 is 9.84 Å². The predicted molar refractivity (Wildman–Crippen MR) is 85.7 cm³/mol. The van der Waals surface area contributed by atoms with E-state index in [2.05, 4.69) is 25.4 Å². The molecule has 0 bridgehead atoms. The van der Waals surface area contributed by atoms with Crippen molar-refractivity contribution in [2.75, 3.05) is 0 Å². The molecule has 0 atom stereocenters.